The van der Waals surface area contributed by atoms with Gasteiger partial charge in [-0.15, -0.1) is 10.2 Å². The third kappa shape index (κ3) is 6.09. The number of hydrogen-bond donors (Lipinski definition) is 2. The molecule has 1 aromatic heterocycles. The van der Waals surface area contributed by atoms with Crippen molar-refractivity contribution in [3.63, 3.8) is 0 Å². The lowest BCUT2D eigenvalue weighted by Gasteiger charge is -2.10. The Morgan fingerprint density at radius 1 is 1.19 bits per heavy atom. The second kappa shape index (κ2) is 10.8. The Morgan fingerprint density at radius 3 is 2.68 bits per heavy atom. The molecule has 0 saturated carbocycles. The van der Waals surface area contributed by atoms with Crippen molar-refractivity contribution in [1.29, 1.82) is 0 Å². The van der Waals surface area contributed by atoms with Crippen LogP contribution >= 0.6 is 39.3 Å². The maximum absolute atomic E-state index is 12.4. The van der Waals surface area contributed by atoms with Crippen molar-refractivity contribution >= 4 is 56.8 Å². The Bertz CT molecular complexity index is 1110. The number of aromatic nitrogens is 3. The standard InChI is InChI=1S/C21H21BrClN5O2S/c1-3-28-18(11-24-20(30)15-7-5-4-6-13(15)2)26-27-21(28)31-12-19(29)25-14-8-9-17(23)16(22)10-14/h4-10H,3,11-12H2,1-2H3,(H,24,30)(H,25,29). The van der Waals surface area contributed by atoms with Gasteiger partial charge in [-0.3, -0.25) is 9.59 Å². The summed E-state index contributed by atoms with van der Waals surface area (Å²) < 4.78 is 2.59. The highest BCUT2D eigenvalue weighted by Gasteiger charge is 2.15. The Kier molecular flexibility index (Phi) is 8.11. The molecule has 0 aliphatic carbocycles. The minimum atomic E-state index is -0.167. The summed E-state index contributed by atoms with van der Waals surface area (Å²) in [5.74, 6) is 0.480. The molecule has 2 amide bonds. The molecule has 0 unspecified atom stereocenters. The summed E-state index contributed by atoms with van der Waals surface area (Å²) in [4.78, 5) is 24.7. The van der Waals surface area contributed by atoms with Gasteiger partial charge in [-0.2, -0.15) is 0 Å². The summed E-state index contributed by atoms with van der Waals surface area (Å²) in [5.41, 5.74) is 2.19. The van der Waals surface area contributed by atoms with Crippen molar-refractivity contribution in [2.24, 2.45) is 0 Å². The molecular formula is C21H21BrClN5O2S. The normalized spacial score (nSPS) is 10.7. The highest BCUT2D eigenvalue weighted by Crippen LogP contribution is 2.26. The lowest BCUT2D eigenvalue weighted by Crippen LogP contribution is -2.25. The number of rotatable bonds is 8. The average Bonchev–Trinajstić information content (AvgIpc) is 3.15. The minimum absolute atomic E-state index is 0.161. The van der Waals surface area contributed by atoms with Crippen LogP contribution in [0.1, 0.15) is 28.7 Å². The van der Waals surface area contributed by atoms with Crippen LogP contribution in [0.25, 0.3) is 0 Å². The van der Waals surface area contributed by atoms with E-state index in [1.165, 1.54) is 11.8 Å². The number of nitrogens with one attached hydrogen (secondary N) is 2. The van der Waals surface area contributed by atoms with Gasteiger partial charge in [-0.1, -0.05) is 41.6 Å². The molecule has 31 heavy (non-hydrogen) atoms. The summed E-state index contributed by atoms with van der Waals surface area (Å²) in [5, 5.41) is 15.3. The third-order valence-electron chi connectivity index (χ3n) is 4.44. The number of carbonyl (C=O) groups is 2. The number of thioether (sulfide) groups is 1. The molecule has 0 aliphatic rings. The molecule has 1 heterocycles. The monoisotopic (exact) mass is 521 g/mol. The van der Waals surface area contributed by atoms with Crippen LogP contribution in [0.4, 0.5) is 5.69 Å². The minimum Gasteiger partial charge on any atom is -0.345 e. The maximum Gasteiger partial charge on any atom is 0.251 e. The van der Waals surface area contributed by atoms with Gasteiger partial charge in [-0.25, -0.2) is 0 Å². The zero-order chi connectivity index (χ0) is 22.4. The Balaban J connectivity index is 1.58. The van der Waals surface area contributed by atoms with E-state index in [1.807, 2.05) is 36.6 Å². The van der Waals surface area contributed by atoms with E-state index in [0.717, 1.165) is 5.56 Å². The van der Waals surface area contributed by atoms with Gasteiger partial charge in [-0.05, 0) is 59.6 Å². The second-order valence-corrected chi connectivity index (χ2v) is 8.81. The van der Waals surface area contributed by atoms with Crippen LogP contribution in [-0.4, -0.2) is 32.3 Å². The van der Waals surface area contributed by atoms with E-state index < -0.39 is 0 Å². The molecule has 3 rings (SSSR count). The van der Waals surface area contributed by atoms with Crippen molar-refractivity contribution < 1.29 is 9.59 Å². The molecule has 0 spiro atoms. The van der Waals surface area contributed by atoms with Gasteiger partial charge >= 0.3 is 0 Å². The Morgan fingerprint density at radius 2 is 1.97 bits per heavy atom. The van der Waals surface area contributed by atoms with E-state index in [-0.39, 0.29) is 24.1 Å². The van der Waals surface area contributed by atoms with E-state index in [1.54, 1.807) is 24.3 Å². The fourth-order valence-corrected chi connectivity index (χ4v) is 4.18. The molecule has 3 aromatic rings. The summed E-state index contributed by atoms with van der Waals surface area (Å²) in [6.45, 7) is 4.73. The molecule has 162 valence electrons. The molecule has 2 aromatic carbocycles. The van der Waals surface area contributed by atoms with Crippen LogP contribution < -0.4 is 10.6 Å². The first-order valence-electron chi connectivity index (χ1n) is 9.52. The first-order chi connectivity index (χ1) is 14.9. The number of carbonyl (C=O) groups excluding carboxylic acids is 2. The summed E-state index contributed by atoms with van der Waals surface area (Å²) in [6, 6.07) is 12.6. The van der Waals surface area contributed by atoms with Gasteiger partial charge in [0, 0.05) is 22.3 Å². The fraction of sp³-hybridized carbons (Fsp3) is 0.238. The van der Waals surface area contributed by atoms with Crippen LogP contribution in [0.2, 0.25) is 5.02 Å². The van der Waals surface area contributed by atoms with Crippen molar-refractivity contribution in [3.8, 4) is 0 Å². The molecule has 0 fully saturated rings. The lowest BCUT2D eigenvalue weighted by molar-refractivity contribution is -0.113. The number of nitrogens with zero attached hydrogens (tertiary/aromatic N) is 3. The number of hydrogen-bond acceptors (Lipinski definition) is 5. The van der Waals surface area contributed by atoms with Gasteiger partial charge in [0.15, 0.2) is 11.0 Å². The largest absolute Gasteiger partial charge is 0.345 e. The van der Waals surface area contributed by atoms with Gasteiger partial charge in [0.1, 0.15) is 0 Å². The van der Waals surface area contributed by atoms with Crippen LogP contribution in [0.3, 0.4) is 0 Å². The number of anilines is 1. The molecule has 10 heteroatoms. The molecule has 7 nitrogen and oxygen atoms in total. The smallest absolute Gasteiger partial charge is 0.251 e. The zero-order valence-corrected chi connectivity index (χ0v) is 20.1. The molecule has 2 N–H and O–H groups in total. The number of benzene rings is 2. The van der Waals surface area contributed by atoms with E-state index in [0.29, 0.717) is 38.3 Å². The van der Waals surface area contributed by atoms with Gasteiger partial charge in [0.2, 0.25) is 5.91 Å². The molecular weight excluding hydrogens is 502 g/mol. The number of amides is 2. The molecule has 0 bridgehead atoms. The summed E-state index contributed by atoms with van der Waals surface area (Å²) in [6.07, 6.45) is 0. The van der Waals surface area contributed by atoms with Crippen LogP contribution in [0.5, 0.6) is 0 Å². The predicted octanol–water partition coefficient (Wildman–Crippen LogP) is 4.68. The lowest BCUT2D eigenvalue weighted by atomic mass is 10.1. The van der Waals surface area contributed by atoms with Crippen LogP contribution in [0, 0.1) is 6.92 Å². The van der Waals surface area contributed by atoms with E-state index in [4.69, 9.17) is 11.6 Å². The molecule has 0 radical (unpaired) electrons. The fourth-order valence-electron chi connectivity index (χ4n) is 2.86. The molecule has 0 aliphatic heterocycles. The van der Waals surface area contributed by atoms with Crippen molar-refractivity contribution in [2.45, 2.75) is 32.1 Å². The third-order valence-corrected chi connectivity index (χ3v) is 6.62. The molecule has 0 saturated heterocycles. The maximum atomic E-state index is 12.4. The Hall–Kier alpha value is -2.36. The highest BCUT2D eigenvalue weighted by atomic mass is 79.9. The zero-order valence-electron chi connectivity index (χ0n) is 17.0. The van der Waals surface area contributed by atoms with Gasteiger partial charge in [0.05, 0.1) is 17.3 Å². The highest BCUT2D eigenvalue weighted by molar-refractivity contribution is 9.10. The van der Waals surface area contributed by atoms with Gasteiger partial charge in [0.25, 0.3) is 5.91 Å². The van der Waals surface area contributed by atoms with Crippen molar-refractivity contribution in [1.82, 2.24) is 20.1 Å². The summed E-state index contributed by atoms with van der Waals surface area (Å²) >= 11 is 10.6. The number of aryl methyl sites for hydroxylation is 1. The first-order valence-corrected chi connectivity index (χ1v) is 11.7. The molecule has 0 atom stereocenters. The quantitative estimate of drug-likeness (QED) is 0.419. The van der Waals surface area contributed by atoms with Crippen molar-refractivity contribution in [3.05, 3.63) is 68.9 Å². The van der Waals surface area contributed by atoms with Gasteiger partial charge < -0.3 is 15.2 Å². The van der Waals surface area contributed by atoms with E-state index in [2.05, 4.69) is 36.8 Å². The van der Waals surface area contributed by atoms with Crippen molar-refractivity contribution in [2.75, 3.05) is 11.1 Å². The van der Waals surface area contributed by atoms with Crippen LogP contribution in [-0.2, 0) is 17.9 Å². The van der Waals surface area contributed by atoms with E-state index in [9.17, 15) is 9.59 Å². The summed E-state index contributed by atoms with van der Waals surface area (Å²) in [7, 11) is 0. The van der Waals surface area contributed by atoms with E-state index >= 15 is 0 Å². The Labute approximate surface area is 198 Å². The van der Waals surface area contributed by atoms with Crippen LogP contribution in [0.15, 0.2) is 52.1 Å². The first kappa shape index (κ1) is 23.3. The SMILES string of the molecule is CCn1c(CNC(=O)c2ccccc2C)nnc1SCC(=O)Nc1ccc(Cl)c(Br)c1. The predicted molar refractivity (Wildman–Crippen MR) is 127 cm³/mol. The average molecular weight is 523 g/mol. The second-order valence-electron chi connectivity index (χ2n) is 6.61. The topological polar surface area (TPSA) is 88.9 Å². The number of halogens is 2.